The summed E-state index contributed by atoms with van der Waals surface area (Å²) in [6.45, 7) is 3.99. The highest BCUT2D eigenvalue weighted by Gasteiger charge is 2.38. The molecule has 142 valence electrons. The molecule has 0 aromatic heterocycles. The van der Waals surface area contributed by atoms with Crippen LogP contribution in [0.15, 0.2) is 42.5 Å². The summed E-state index contributed by atoms with van der Waals surface area (Å²) in [5, 5.41) is 0.505. The van der Waals surface area contributed by atoms with Crippen molar-refractivity contribution in [2.24, 2.45) is 0 Å². The van der Waals surface area contributed by atoms with E-state index in [0.29, 0.717) is 10.7 Å². The second-order valence-corrected chi connectivity index (χ2v) is 6.92. The maximum absolute atomic E-state index is 14.1. The van der Waals surface area contributed by atoms with E-state index in [1.165, 1.54) is 11.0 Å². The van der Waals surface area contributed by atoms with Crippen LogP contribution in [0.25, 0.3) is 0 Å². The predicted molar refractivity (Wildman–Crippen MR) is 98.6 cm³/mol. The van der Waals surface area contributed by atoms with Crippen LogP contribution in [0.3, 0.4) is 0 Å². The molecule has 0 bridgehead atoms. The third-order valence-corrected chi connectivity index (χ3v) is 4.65. The van der Waals surface area contributed by atoms with Gasteiger partial charge in [-0.2, -0.15) is 0 Å². The molecule has 0 unspecified atom stereocenters. The molecule has 0 radical (unpaired) electrons. The Kier molecular flexibility index (Phi) is 5.43. The summed E-state index contributed by atoms with van der Waals surface area (Å²) in [5.41, 5.74) is -0.214. The van der Waals surface area contributed by atoms with Gasteiger partial charge in [-0.05, 0) is 50.2 Å². The first-order chi connectivity index (χ1) is 12.8. The number of halogens is 3. The molecule has 2 aromatic carbocycles. The molecule has 1 saturated heterocycles. The molecule has 0 N–H and O–H groups in total. The van der Waals surface area contributed by atoms with E-state index < -0.39 is 29.1 Å². The van der Waals surface area contributed by atoms with Crippen molar-refractivity contribution in [3.8, 4) is 0 Å². The van der Waals surface area contributed by atoms with Crippen LogP contribution >= 0.6 is 11.6 Å². The number of carbonyl (C=O) groups excluding carboxylic acids is 2. The first-order valence-electron chi connectivity index (χ1n) is 8.36. The molecule has 1 aliphatic heterocycles. The van der Waals surface area contributed by atoms with Crippen LogP contribution in [0.1, 0.15) is 24.2 Å². The van der Waals surface area contributed by atoms with Crippen molar-refractivity contribution < 1.29 is 18.4 Å². The van der Waals surface area contributed by atoms with E-state index in [2.05, 4.69) is 0 Å². The van der Waals surface area contributed by atoms with Gasteiger partial charge in [-0.15, -0.1) is 0 Å². The Morgan fingerprint density at radius 2 is 1.63 bits per heavy atom. The number of benzene rings is 2. The zero-order valence-corrected chi connectivity index (χ0v) is 15.6. The molecule has 1 heterocycles. The number of urea groups is 1. The second-order valence-electron chi connectivity index (χ2n) is 6.48. The first kappa shape index (κ1) is 19.3. The molecular formula is C19H18ClF2N3O2. The van der Waals surface area contributed by atoms with E-state index in [9.17, 15) is 18.4 Å². The van der Waals surface area contributed by atoms with Gasteiger partial charge in [0.25, 0.3) is 5.91 Å². The van der Waals surface area contributed by atoms with Crippen molar-refractivity contribution in [2.45, 2.75) is 19.9 Å². The van der Waals surface area contributed by atoms with Gasteiger partial charge in [-0.1, -0.05) is 17.7 Å². The summed E-state index contributed by atoms with van der Waals surface area (Å²) < 4.78 is 28.1. The number of anilines is 1. The molecule has 0 saturated carbocycles. The van der Waals surface area contributed by atoms with Crippen LogP contribution in [0.5, 0.6) is 0 Å². The van der Waals surface area contributed by atoms with Crippen LogP contribution in [-0.2, 0) is 0 Å². The molecule has 0 atom stereocenters. The zero-order valence-electron chi connectivity index (χ0n) is 14.8. The minimum absolute atomic E-state index is 0.00586. The van der Waals surface area contributed by atoms with E-state index in [4.69, 9.17) is 11.6 Å². The average molecular weight is 394 g/mol. The van der Waals surface area contributed by atoms with Crippen LogP contribution in [0, 0.1) is 11.6 Å². The standard InChI is InChI=1S/C19H18ClF2N3O2/c1-12(2)23-10-24(14-8-6-13(20)7-9-14)19(27)25(11-23)18(26)17-15(21)4-3-5-16(17)22/h3-9,12H,10-11H2,1-2H3. The number of hydrogen-bond acceptors (Lipinski definition) is 3. The fraction of sp³-hybridized carbons (Fsp3) is 0.263. The van der Waals surface area contributed by atoms with Gasteiger partial charge in [-0.3, -0.25) is 14.6 Å². The Morgan fingerprint density at radius 3 is 2.19 bits per heavy atom. The van der Waals surface area contributed by atoms with Crippen molar-refractivity contribution in [1.29, 1.82) is 0 Å². The summed E-state index contributed by atoms with van der Waals surface area (Å²) in [5.74, 6) is -3.03. The fourth-order valence-corrected chi connectivity index (χ4v) is 2.93. The van der Waals surface area contributed by atoms with Crippen LogP contribution in [-0.4, -0.2) is 41.1 Å². The maximum Gasteiger partial charge on any atom is 0.333 e. The van der Waals surface area contributed by atoms with Crippen LogP contribution in [0.2, 0.25) is 5.02 Å². The normalized spacial score (nSPS) is 15.6. The topological polar surface area (TPSA) is 43.9 Å². The summed E-state index contributed by atoms with van der Waals surface area (Å²) in [6, 6.07) is 9.04. The number of rotatable bonds is 3. The third kappa shape index (κ3) is 3.79. The summed E-state index contributed by atoms with van der Waals surface area (Å²) in [4.78, 5) is 29.8. The highest BCUT2D eigenvalue weighted by atomic mass is 35.5. The minimum Gasteiger partial charge on any atom is -0.280 e. The van der Waals surface area contributed by atoms with E-state index in [-0.39, 0.29) is 19.4 Å². The highest BCUT2D eigenvalue weighted by molar-refractivity contribution is 6.30. The van der Waals surface area contributed by atoms with E-state index >= 15 is 0 Å². The molecule has 3 rings (SSSR count). The minimum atomic E-state index is -1.01. The van der Waals surface area contributed by atoms with Crippen LogP contribution < -0.4 is 4.90 Å². The van der Waals surface area contributed by atoms with Gasteiger partial charge in [0.1, 0.15) is 17.2 Å². The van der Waals surface area contributed by atoms with Gasteiger partial charge >= 0.3 is 6.03 Å². The van der Waals surface area contributed by atoms with Gasteiger partial charge in [0.15, 0.2) is 0 Å². The number of imide groups is 1. The van der Waals surface area contributed by atoms with Gasteiger partial charge in [0.05, 0.1) is 13.3 Å². The smallest absolute Gasteiger partial charge is 0.280 e. The second kappa shape index (κ2) is 7.62. The van der Waals surface area contributed by atoms with Crippen molar-refractivity contribution in [3.63, 3.8) is 0 Å². The Hall–Kier alpha value is -2.51. The van der Waals surface area contributed by atoms with Crippen molar-refractivity contribution in [3.05, 3.63) is 64.7 Å². The Balaban J connectivity index is 1.99. The molecule has 3 amide bonds. The van der Waals surface area contributed by atoms with Crippen molar-refractivity contribution in [1.82, 2.24) is 9.80 Å². The van der Waals surface area contributed by atoms with Gasteiger partial charge in [0.2, 0.25) is 0 Å². The molecule has 5 nitrogen and oxygen atoms in total. The fourth-order valence-electron chi connectivity index (χ4n) is 2.80. The van der Waals surface area contributed by atoms with Gasteiger partial charge in [0, 0.05) is 16.8 Å². The van der Waals surface area contributed by atoms with E-state index in [1.807, 2.05) is 18.7 Å². The monoisotopic (exact) mass is 393 g/mol. The number of amides is 3. The maximum atomic E-state index is 14.1. The Bertz CT molecular complexity index is 854. The zero-order chi connectivity index (χ0) is 19.7. The molecule has 2 aromatic rings. The van der Waals surface area contributed by atoms with E-state index in [1.54, 1.807) is 24.3 Å². The lowest BCUT2D eigenvalue weighted by molar-refractivity contribution is 0.0579. The predicted octanol–water partition coefficient (Wildman–Crippen LogP) is 4.33. The lowest BCUT2D eigenvalue weighted by Gasteiger charge is -2.42. The quantitative estimate of drug-likeness (QED) is 0.779. The van der Waals surface area contributed by atoms with Gasteiger partial charge < -0.3 is 0 Å². The lowest BCUT2D eigenvalue weighted by Crippen LogP contribution is -2.61. The third-order valence-electron chi connectivity index (χ3n) is 4.40. The molecule has 27 heavy (non-hydrogen) atoms. The molecule has 1 aliphatic rings. The molecule has 0 spiro atoms. The largest absolute Gasteiger partial charge is 0.333 e. The van der Waals surface area contributed by atoms with Crippen molar-refractivity contribution >= 4 is 29.2 Å². The summed E-state index contributed by atoms with van der Waals surface area (Å²) in [7, 11) is 0. The van der Waals surface area contributed by atoms with Gasteiger partial charge in [-0.25, -0.2) is 18.5 Å². The highest BCUT2D eigenvalue weighted by Crippen LogP contribution is 2.25. The first-order valence-corrected chi connectivity index (χ1v) is 8.74. The number of carbonyl (C=O) groups is 2. The molecule has 0 aliphatic carbocycles. The Morgan fingerprint density at radius 1 is 1.04 bits per heavy atom. The molecule has 8 heteroatoms. The SMILES string of the molecule is CC(C)N1CN(C(=O)c2c(F)cccc2F)C(=O)N(c2ccc(Cl)cc2)C1. The Labute approximate surface area is 160 Å². The summed E-state index contributed by atoms with van der Waals surface area (Å²) in [6.07, 6.45) is 0. The molecule has 1 fully saturated rings. The number of hydrogen-bond donors (Lipinski definition) is 0. The van der Waals surface area contributed by atoms with Crippen LogP contribution in [0.4, 0.5) is 19.3 Å². The number of nitrogens with zero attached hydrogens (tertiary/aromatic N) is 3. The van der Waals surface area contributed by atoms with E-state index in [0.717, 1.165) is 17.0 Å². The van der Waals surface area contributed by atoms with Crippen molar-refractivity contribution in [2.75, 3.05) is 18.2 Å². The summed E-state index contributed by atoms with van der Waals surface area (Å²) >= 11 is 5.90. The lowest BCUT2D eigenvalue weighted by atomic mass is 10.1. The molecular weight excluding hydrogens is 376 g/mol. The average Bonchev–Trinajstić information content (AvgIpc) is 2.62.